The van der Waals surface area contributed by atoms with E-state index >= 15 is 0 Å². The molecule has 0 atom stereocenters. The number of hydrogen-bond donors (Lipinski definition) is 1. The Morgan fingerprint density at radius 2 is 1.90 bits per heavy atom. The number of nitrogens with zero attached hydrogens (tertiary/aromatic N) is 1. The Kier molecular flexibility index (Phi) is 4.42. The van der Waals surface area contributed by atoms with E-state index in [4.69, 9.17) is 4.74 Å². The number of ether oxygens (including phenoxy) is 1. The quantitative estimate of drug-likeness (QED) is 0.670. The maximum Gasteiger partial charge on any atom is 0.292 e. The molecule has 0 radical (unpaired) electrons. The van der Waals surface area contributed by atoms with Crippen molar-refractivity contribution in [3.63, 3.8) is 0 Å². The number of hydrogen-bond acceptors (Lipinski definition) is 4. The van der Waals surface area contributed by atoms with Crippen LogP contribution in [0, 0.1) is 24.0 Å². The van der Waals surface area contributed by atoms with Crippen LogP contribution in [0.4, 0.5) is 11.4 Å². The molecule has 5 nitrogen and oxygen atoms in total. The standard InChI is InChI=1S/C16H18N2O3/c1-11-7-15(16(18(19)20)8-12(11)2)17-10-13-5-4-6-14(9-13)21-3/h4-9,17H,10H2,1-3H3. The molecule has 2 rings (SSSR count). The maximum absolute atomic E-state index is 11.1. The van der Waals surface area contributed by atoms with Crippen molar-refractivity contribution in [3.8, 4) is 5.75 Å². The third-order valence-corrected chi connectivity index (χ3v) is 3.43. The minimum absolute atomic E-state index is 0.0981. The van der Waals surface area contributed by atoms with Gasteiger partial charge in [0, 0.05) is 12.6 Å². The summed E-state index contributed by atoms with van der Waals surface area (Å²) in [7, 11) is 1.61. The lowest BCUT2D eigenvalue weighted by atomic mass is 10.1. The first-order valence-corrected chi connectivity index (χ1v) is 6.63. The number of methoxy groups -OCH3 is 1. The van der Waals surface area contributed by atoms with Gasteiger partial charge in [0.05, 0.1) is 12.0 Å². The molecule has 0 fully saturated rings. The first-order chi connectivity index (χ1) is 10.0. The predicted molar refractivity (Wildman–Crippen MR) is 82.9 cm³/mol. The highest BCUT2D eigenvalue weighted by Gasteiger charge is 2.15. The number of rotatable bonds is 5. The van der Waals surface area contributed by atoms with Crippen LogP contribution in [0.15, 0.2) is 36.4 Å². The van der Waals surface area contributed by atoms with E-state index in [0.717, 1.165) is 22.4 Å². The van der Waals surface area contributed by atoms with E-state index in [0.29, 0.717) is 12.2 Å². The number of nitro groups is 1. The molecular weight excluding hydrogens is 268 g/mol. The van der Waals surface area contributed by atoms with Crippen LogP contribution >= 0.6 is 0 Å². The molecule has 0 aromatic heterocycles. The number of aryl methyl sites for hydroxylation is 2. The van der Waals surface area contributed by atoms with Gasteiger partial charge >= 0.3 is 0 Å². The molecule has 0 saturated heterocycles. The van der Waals surface area contributed by atoms with Gasteiger partial charge in [0.25, 0.3) is 5.69 Å². The summed E-state index contributed by atoms with van der Waals surface area (Å²) in [5, 5.41) is 14.3. The smallest absolute Gasteiger partial charge is 0.292 e. The zero-order valence-electron chi connectivity index (χ0n) is 12.3. The van der Waals surface area contributed by atoms with Crippen LogP contribution in [0.3, 0.4) is 0 Å². The maximum atomic E-state index is 11.1. The zero-order chi connectivity index (χ0) is 15.4. The van der Waals surface area contributed by atoms with Crippen molar-refractivity contribution in [1.82, 2.24) is 0 Å². The van der Waals surface area contributed by atoms with E-state index in [-0.39, 0.29) is 10.6 Å². The Balaban J connectivity index is 2.22. The van der Waals surface area contributed by atoms with Gasteiger partial charge in [0.15, 0.2) is 0 Å². The van der Waals surface area contributed by atoms with Crippen LogP contribution in [0.25, 0.3) is 0 Å². The summed E-state index contributed by atoms with van der Waals surface area (Å²) in [6.45, 7) is 4.31. The summed E-state index contributed by atoms with van der Waals surface area (Å²) >= 11 is 0. The van der Waals surface area contributed by atoms with Crippen LogP contribution in [0.5, 0.6) is 5.75 Å². The van der Waals surface area contributed by atoms with Gasteiger partial charge in [0.2, 0.25) is 0 Å². The second kappa shape index (κ2) is 6.26. The molecule has 0 saturated carbocycles. The van der Waals surface area contributed by atoms with E-state index in [1.165, 1.54) is 0 Å². The molecule has 0 unspecified atom stereocenters. The number of nitro benzene ring substituents is 1. The lowest BCUT2D eigenvalue weighted by molar-refractivity contribution is -0.384. The molecular formula is C16H18N2O3. The summed E-state index contributed by atoms with van der Waals surface area (Å²) < 4.78 is 5.17. The molecule has 2 aromatic rings. The Morgan fingerprint density at radius 1 is 1.19 bits per heavy atom. The number of benzene rings is 2. The van der Waals surface area contributed by atoms with Crippen molar-refractivity contribution in [3.05, 3.63) is 63.2 Å². The van der Waals surface area contributed by atoms with Gasteiger partial charge in [-0.25, -0.2) is 0 Å². The topological polar surface area (TPSA) is 64.4 Å². The Bertz CT molecular complexity index is 669. The molecule has 21 heavy (non-hydrogen) atoms. The summed E-state index contributed by atoms with van der Waals surface area (Å²) in [6.07, 6.45) is 0. The lowest BCUT2D eigenvalue weighted by Crippen LogP contribution is -2.04. The summed E-state index contributed by atoms with van der Waals surface area (Å²) in [4.78, 5) is 10.8. The van der Waals surface area contributed by atoms with E-state index in [9.17, 15) is 10.1 Å². The summed E-state index contributed by atoms with van der Waals surface area (Å²) in [6, 6.07) is 11.0. The van der Waals surface area contributed by atoms with Crippen LogP contribution in [0.2, 0.25) is 0 Å². The van der Waals surface area contributed by atoms with E-state index in [2.05, 4.69) is 5.32 Å². The van der Waals surface area contributed by atoms with Crippen LogP contribution < -0.4 is 10.1 Å². The second-order valence-corrected chi connectivity index (χ2v) is 4.92. The third kappa shape index (κ3) is 3.51. The lowest BCUT2D eigenvalue weighted by Gasteiger charge is -2.10. The van der Waals surface area contributed by atoms with Gasteiger partial charge in [-0.2, -0.15) is 0 Å². The number of nitrogens with one attached hydrogen (secondary N) is 1. The number of anilines is 1. The third-order valence-electron chi connectivity index (χ3n) is 3.43. The molecule has 0 aliphatic heterocycles. The Labute approximate surface area is 123 Å². The van der Waals surface area contributed by atoms with Crippen molar-refractivity contribution in [2.75, 3.05) is 12.4 Å². The fourth-order valence-electron chi connectivity index (χ4n) is 2.07. The van der Waals surface area contributed by atoms with Gasteiger partial charge in [-0.15, -0.1) is 0 Å². The summed E-state index contributed by atoms with van der Waals surface area (Å²) in [5.41, 5.74) is 3.57. The minimum Gasteiger partial charge on any atom is -0.497 e. The molecule has 0 bridgehead atoms. The second-order valence-electron chi connectivity index (χ2n) is 4.92. The fourth-order valence-corrected chi connectivity index (χ4v) is 2.07. The monoisotopic (exact) mass is 286 g/mol. The van der Waals surface area contributed by atoms with Gasteiger partial charge in [-0.3, -0.25) is 10.1 Å². The van der Waals surface area contributed by atoms with Crippen LogP contribution in [-0.4, -0.2) is 12.0 Å². The highest BCUT2D eigenvalue weighted by atomic mass is 16.6. The molecule has 110 valence electrons. The van der Waals surface area contributed by atoms with Crippen molar-refractivity contribution in [1.29, 1.82) is 0 Å². The molecule has 0 amide bonds. The molecule has 0 heterocycles. The Morgan fingerprint density at radius 3 is 2.57 bits per heavy atom. The predicted octanol–water partition coefficient (Wildman–Crippen LogP) is 3.83. The molecule has 1 N–H and O–H groups in total. The molecule has 0 spiro atoms. The van der Waals surface area contributed by atoms with E-state index < -0.39 is 0 Å². The zero-order valence-corrected chi connectivity index (χ0v) is 12.3. The average Bonchev–Trinajstić information content (AvgIpc) is 2.48. The SMILES string of the molecule is COc1cccc(CNc2cc(C)c(C)cc2[N+](=O)[O-])c1. The highest BCUT2D eigenvalue weighted by molar-refractivity contribution is 5.64. The fraction of sp³-hybridized carbons (Fsp3) is 0.250. The largest absolute Gasteiger partial charge is 0.497 e. The van der Waals surface area contributed by atoms with Gasteiger partial charge in [0.1, 0.15) is 11.4 Å². The minimum atomic E-state index is -0.361. The van der Waals surface area contributed by atoms with Gasteiger partial charge in [-0.1, -0.05) is 12.1 Å². The van der Waals surface area contributed by atoms with Crippen molar-refractivity contribution in [2.45, 2.75) is 20.4 Å². The molecule has 0 aliphatic carbocycles. The molecule has 5 heteroatoms. The normalized spacial score (nSPS) is 10.2. The average molecular weight is 286 g/mol. The van der Waals surface area contributed by atoms with Crippen molar-refractivity contribution in [2.24, 2.45) is 0 Å². The molecule has 0 aliphatic rings. The van der Waals surface area contributed by atoms with Crippen LogP contribution in [-0.2, 0) is 6.54 Å². The highest BCUT2D eigenvalue weighted by Crippen LogP contribution is 2.28. The Hall–Kier alpha value is -2.56. The van der Waals surface area contributed by atoms with Crippen LogP contribution in [0.1, 0.15) is 16.7 Å². The summed E-state index contributed by atoms with van der Waals surface area (Å²) in [5.74, 6) is 0.767. The van der Waals surface area contributed by atoms with E-state index in [1.807, 2.05) is 44.2 Å². The van der Waals surface area contributed by atoms with Gasteiger partial charge in [-0.05, 0) is 48.7 Å². The first kappa shape index (κ1) is 14.8. The molecule has 2 aromatic carbocycles. The van der Waals surface area contributed by atoms with Gasteiger partial charge < -0.3 is 10.1 Å². The van der Waals surface area contributed by atoms with Crippen molar-refractivity contribution >= 4 is 11.4 Å². The first-order valence-electron chi connectivity index (χ1n) is 6.63. The van der Waals surface area contributed by atoms with Crippen molar-refractivity contribution < 1.29 is 9.66 Å². The van der Waals surface area contributed by atoms with E-state index in [1.54, 1.807) is 13.2 Å².